The van der Waals surface area contributed by atoms with Crippen LogP contribution in [0.1, 0.15) is 16.7 Å². The standard InChI is InChI=1S/C24H26N2O4S/c1-17-13-14-23(30-4)21(15-17)25-24(27)16-26(22-12-8-9-18(2)19(22)3)31(28,29)20-10-6-5-7-11-20/h5-15H,16H2,1-4H3,(H,25,27). The van der Waals surface area contributed by atoms with Gasteiger partial charge in [-0.2, -0.15) is 0 Å². The van der Waals surface area contributed by atoms with E-state index in [0.29, 0.717) is 17.1 Å². The van der Waals surface area contributed by atoms with E-state index in [1.54, 1.807) is 42.5 Å². The molecule has 0 aliphatic heterocycles. The number of nitrogens with one attached hydrogen (secondary N) is 1. The van der Waals surface area contributed by atoms with E-state index in [4.69, 9.17) is 4.74 Å². The highest BCUT2D eigenvalue weighted by Crippen LogP contribution is 2.29. The topological polar surface area (TPSA) is 75.7 Å². The first kappa shape index (κ1) is 22.4. The fourth-order valence-electron chi connectivity index (χ4n) is 3.26. The Bertz CT molecular complexity index is 1190. The minimum Gasteiger partial charge on any atom is -0.495 e. The molecule has 0 aromatic heterocycles. The molecule has 31 heavy (non-hydrogen) atoms. The third kappa shape index (κ3) is 4.88. The molecule has 1 N–H and O–H groups in total. The maximum Gasteiger partial charge on any atom is 0.264 e. The second-order valence-electron chi connectivity index (χ2n) is 7.30. The summed E-state index contributed by atoms with van der Waals surface area (Å²) in [6.07, 6.45) is 0. The maximum absolute atomic E-state index is 13.5. The number of ether oxygens (including phenoxy) is 1. The van der Waals surface area contributed by atoms with Crippen LogP contribution in [-0.4, -0.2) is 28.0 Å². The Balaban J connectivity index is 2.01. The van der Waals surface area contributed by atoms with Crippen molar-refractivity contribution in [1.82, 2.24) is 0 Å². The highest BCUT2D eigenvalue weighted by atomic mass is 32.2. The van der Waals surface area contributed by atoms with Crippen molar-refractivity contribution in [3.8, 4) is 5.75 Å². The summed E-state index contributed by atoms with van der Waals surface area (Å²) in [5.41, 5.74) is 3.63. The van der Waals surface area contributed by atoms with Gasteiger partial charge in [0.05, 0.1) is 23.4 Å². The summed E-state index contributed by atoms with van der Waals surface area (Å²) in [6.45, 7) is 5.28. The van der Waals surface area contributed by atoms with Crippen LogP contribution in [-0.2, 0) is 14.8 Å². The molecular formula is C24H26N2O4S. The minimum absolute atomic E-state index is 0.122. The molecule has 0 aliphatic carbocycles. The molecule has 0 saturated heterocycles. The number of carbonyl (C=O) groups excluding carboxylic acids is 1. The van der Waals surface area contributed by atoms with Crippen molar-refractivity contribution >= 4 is 27.3 Å². The van der Waals surface area contributed by atoms with Crippen LogP contribution in [0, 0.1) is 20.8 Å². The molecule has 0 radical (unpaired) electrons. The Labute approximate surface area is 183 Å². The zero-order chi connectivity index (χ0) is 22.6. The lowest BCUT2D eigenvalue weighted by Crippen LogP contribution is -2.38. The highest BCUT2D eigenvalue weighted by molar-refractivity contribution is 7.92. The normalized spacial score (nSPS) is 11.1. The van der Waals surface area contributed by atoms with Crippen LogP contribution >= 0.6 is 0 Å². The second kappa shape index (κ2) is 9.22. The van der Waals surface area contributed by atoms with Crippen LogP contribution in [0.3, 0.4) is 0 Å². The molecule has 162 valence electrons. The van der Waals surface area contributed by atoms with Gasteiger partial charge >= 0.3 is 0 Å². The van der Waals surface area contributed by atoms with Crippen molar-refractivity contribution in [2.24, 2.45) is 0 Å². The lowest BCUT2D eigenvalue weighted by molar-refractivity contribution is -0.114. The number of hydrogen-bond donors (Lipinski definition) is 1. The Morgan fingerprint density at radius 3 is 2.35 bits per heavy atom. The lowest BCUT2D eigenvalue weighted by Gasteiger charge is -2.26. The van der Waals surface area contributed by atoms with E-state index < -0.39 is 15.9 Å². The molecule has 0 heterocycles. The number of methoxy groups -OCH3 is 1. The number of rotatable bonds is 7. The van der Waals surface area contributed by atoms with Crippen LogP contribution in [0.15, 0.2) is 71.6 Å². The van der Waals surface area contributed by atoms with E-state index in [0.717, 1.165) is 21.0 Å². The summed E-state index contributed by atoms with van der Waals surface area (Å²) in [7, 11) is -2.45. The first-order chi connectivity index (χ1) is 14.7. The summed E-state index contributed by atoms with van der Waals surface area (Å²) in [6, 6.07) is 18.9. The van der Waals surface area contributed by atoms with E-state index in [-0.39, 0.29) is 11.4 Å². The molecule has 0 saturated carbocycles. The first-order valence-electron chi connectivity index (χ1n) is 9.82. The van der Waals surface area contributed by atoms with Crippen molar-refractivity contribution in [3.05, 3.63) is 83.4 Å². The van der Waals surface area contributed by atoms with Crippen molar-refractivity contribution in [2.45, 2.75) is 25.7 Å². The van der Waals surface area contributed by atoms with E-state index >= 15 is 0 Å². The number of hydrogen-bond acceptors (Lipinski definition) is 4. The summed E-state index contributed by atoms with van der Waals surface area (Å²) in [4.78, 5) is 13.1. The van der Waals surface area contributed by atoms with Gasteiger partial charge in [0.25, 0.3) is 10.0 Å². The molecule has 6 nitrogen and oxygen atoms in total. The van der Waals surface area contributed by atoms with E-state index in [9.17, 15) is 13.2 Å². The number of sulfonamides is 1. The van der Waals surface area contributed by atoms with E-state index in [1.807, 2.05) is 32.9 Å². The average Bonchev–Trinajstić information content (AvgIpc) is 2.75. The maximum atomic E-state index is 13.5. The zero-order valence-corrected chi connectivity index (χ0v) is 18.9. The van der Waals surface area contributed by atoms with Crippen molar-refractivity contribution in [2.75, 3.05) is 23.3 Å². The molecule has 1 amide bonds. The largest absolute Gasteiger partial charge is 0.495 e. The number of anilines is 2. The molecule has 3 rings (SSSR count). The Hall–Kier alpha value is -3.32. The second-order valence-corrected chi connectivity index (χ2v) is 9.16. The first-order valence-corrected chi connectivity index (χ1v) is 11.3. The molecule has 0 aliphatic rings. The van der Waals surface area contributed by atoms with Crippen LogP contribution < -0.4 is 14.4 Å². The molecular weight excluding hydrogens is 412 g/mol. The molecule has 0 atom stereocenters. The SMILES string of the molecule is COc1ccc(C)cc1NC(=O)CN(c1cccc(C)c1C)S(=O)(=O)c1ccccc1. The third-order valence-corrected chi connectivity index (χ3v) is 6.87. The van der Waals surface area contributed by atoms with Crippen molar-refractivity contribution in [3.63, 3.8) is 0 Å². The summed E-state index contributed by atoms with van der Waals surface area (Å²) in [5.74, 6) is 0.0347. The number of amides is 1. The monoisotopic (exact) mass is 438 g/mol. The number of carbonyl (C=O) groups is 1. The third-order valence-electron chi connectivity index (χ3n) is 5.09. The summed E-state index contributed by atoms with van der Waals surface area (Å²) < 4.78 is 33.4. The minimum atomic E-state index is -3.96. The molecule has 0 bridgehead atoms. The average molecular weight is 439 g/mol. The van der Waals surface area contributed by atoms with Crippen molar-refractivity contribution < 1.29 is 17.9 Å². The summed E-state index contributed by atoms with van der Waals surface area (Å²) >= 11 is 0. The predicted octanol–water partition coefficient (Wildman–Crippen LogP) is 4.45. The zero-order valence-electron chi connectivity index (χ0n) is 18.0. The summed E-state index contributed by atoms with van der Waals surface area (Å²) in [5, 5.41) is 2.79. The lowest BCUT2D eigenvalue weighted by atomic mass is 10.1. The van der Waals surface area contributed by atoms with Gasteiger partial charge in [-0.1, -0.05) is 36.4 Å². The molecule has 0 fully saturated rings. The van der Waals surface area contributed by atoms with Gasteiger partial charge in [-0.15, -0.1) is 0 Å². The van der Waals surface area contributed by atoms with Crippen LogP contribution in [0.5, 0.6) is 5.75 Å². The predicted molar refractivity (Wildman–Crippen MR) is 123 cm³/mol. The number of nitrogens with zero attached hydrogens (tertiary/aromatic N) is 1. The molecule has 3 aromatic carbocycles. The molecule has 0 spiro atoms. The van der Waals surface area contributed by atoms with E-state index in [1.165, 1.54) is 19.2 Å². The fourth-order valence-corrected chi connectivity index (χ4v) is 4.76. The number of aryl methyl sites for hydroxylation is 2. The van der Waals surface area contributed by atoms with Gasteiger partial charge in [0.1, 0.15) is 12.3 Å². The number of benzene rings is 3. The van der Waals surface area contributed by atoms with Gasteiger partial charge in [0.15, 0.2) is 0 Å². The van der Waals surface area contributed by atoms with Gasteiger partial charge < -0.3 is 10.1 Å². The Morgan fingerprint density at radius 2 is 1.68 bits per heavy atom. The smallest absolute Gasteiger partial charge is 0.264 e. The molecule has 0 unspecified atom stereocenters. The highest BCUT2D eigenvalue weighted by Gasteiger charge is 2.28. The van der Waals surface area contributed by atoms with Gasteiger partial charge in [-0.25, -0.2) is 8.42 Å². The van der Waals surface area contributed by atoms with Crippen LogP contribution in [0.25, 0.3) is 0 Å². The molecule has 3 aromatic rings. The van der Waals surface area contributed by atoms with Gasteiger partial charge in [-0.3, -0.25) is 9.10 Å². The van der Waals surface area contributed by atoms with Gasteiger partial charge in [0, 0.05) is 0 Å². The van der Waals surface area contributed by atoms with E-state index in [2.05, 4.69) is 5.32 Å². The van der Waals surface area contributed by atoms with Gasteiger partial charge in [-0.05, 0) is 67.8 Å². The van der Waals surface area contributed by atoms with Crippen LogP contribution in [0.2, 0.25) is 0 Å². The fraction of sp³-hybridized carbons (Fsp3) is 0.208. The molecule has 7 heteroatoms. The quantitative estimate of drug-likeness (QED) is 0.591. The van der Waals surface area contributed by atoms with Gasteiger partial charge in [0.2, 0.25) is 5.91 Å². The van der Waals surface area contributed by atoms with Crippen molar-refractivity contribution in [1.29, 1.82) is 0 Å². The Kier molecular flexibility index (Phi) is 6.65. The van der Waals surface area contributed by atoms with Crippen LogP contribution in [0.4, 0.5) is 11.4 Å². The Morgan fingerprint density at radius 1 is 0.968 bits per heavy atom.